The number of pyridine rings is 1. The molecule has 98 valence electrons. The Kier molecular flexibility index (Phi) is 3.26. The third-order valence-corrected chi connectivity index (χ3v) is 2.59. The van der Waals surface area contributed by atoms with Crippen molar-refractivity contribution in [1.29, 1.82) is 0 Å². The normalized spacial score (nSPS) is 11.6. The Hall–Kier alpha value is -1.98. The van der Waals surface area contributed by atoms with E-state index in [1.165, 1.54) is 4.90 Å². The summed E-state index contributed by atoms with van der Waals surface area (Å²) in [6.45, 7) is 5.49. The van der Waals surface area contributed by atoms with Crippen molar-refractivity contribution in [2.75, 3.05) is 11.9 Å². The zero-order valence-corrected chi connectivity index (χ0v) is 11.5. The van der Waals surface area contributed by atoms with Crippen molar-refractivity contribution in [2.24, 2.45) is 0 Å². The first-order chi connectivity index (χ1) is 8.78. The van der Waals surface area contributed by atoms with Crippen LogP contribution < -0.4 is 10.4 Å². The fourth-order valence-electron chi connectivity index (χ4n) is 1.63. The van der Waals surface area contributed by atoms with Gasteiger partial charge in [-0.1, -0.05) is 5.46 Å². The molecule has 0 aliphatic heterocycles. The molecule has 0 aliphatic rings. The minimum atomic E-state index is -0.523. The molecular formula is C13H16BN3O2. The molecule has 2 radical (unpaired) electrons. The molecule has 0 fully saturated rings. The van der Waals surface area contributed by atoms with E-state index >= 15 is 0 Å². The van der Waals surface area contributed by atoms with Gasteiger partial charge in [-0.05, 0) is 32.9 Å². The number of hydrogen-bond acceptors (Lipinski definition) is 3. The van der Waals surface area contributed by atoms with Crippen LogP contribution in [0.1, 0.15) is 20.8 Å². The minimum Gasteiger partial charge on any atom is -0.443 e. The fraction of sp³-hybridized carbons (Fsp3) is 0.385. The third-order valence-electron chi connectivity index (χ3n) is 2.59. The first-order valence-electron chi connectivity index (χ1n) is 5.97. The number of anilines is 1. The van der Waals surface area contributed by atoms with Crippen molar-refractivity contribution in [3.05, 3.63) is 24.5 Å². The van der Waals surface area contributed by atoms with Crippen molar-refractivity contribution >= 4 is 30.6 Å². The van der Waals surface area contributed by atoms with Gasteiger partial charge in [0.2, 0.25) is 0 Å². The zero-order chi connectivity index (χ0) is 14.2. The number of nitrogens with zero attached hydrogens (tertiary/aromatic N) is 3. The largest absolute Gasteiger partial charge is 0.443 e. The van der Waals surface area contributed by atoms with Crippen LogP contribution in [0.3, 0.4) is 0 Å². The highest BCUT2D eigenvalue weighted by Gasteiger charge is 2.20. The number of carbonyl (C=O) groups excluding carboxylic acids is 1. The molecule has 0 unspecified atom stereocenters. The Bertz CT molecular complexity index is 616. The number of carbonyl (C=O) groups is 1. The lowest BCUT2D eigenvalue weighted by molar-refractivity contribution is 0.0589. The summed E-state index contributed by atoms with van der Waals surface area (Å²) in [6, 6.07) is 3.58. The lowest BCUT2D eigenvalue weighted by Gasteiger charge is -2.24. The molecule has 0 aromatic carbocycles. The van der Waals surface area contributed by atoms with Crippen LogP contribution >= 0.6 is 0 Å². The highest BCUT2D eigenvalue weighted by molar-refractivity contribution is 6.36. The Labute approximate surface area is 113 Å². The first kappa shape index (κ1) is 13.5. The van der Waals surface area contributed by atoms with Gasteiger partial charge in [0.25, 0.3) is 0 Å². The number of hydrogen-bond donors (Lipinski definition) is 0. The predicted molar refractivity (Wildman–Crippen MR) is 75.2 cm³/mol. The molecule has 6 heteroatoms. The van der Waals surface area contributed by atoms with E-state index < -0.39 is 11.7 Å². The highest BCUT2D eigenvalue weighted by atomic mass is 16.6. The average molecular weight is 257 g/mol. The van der Waals surface area contributed by atoms with E-state index in [-0.39, 0.29) is 0 Å². The number of amides is 1. The number of ether oxygens (including phenoxy) is 1. The van der Waals surface area contributed by atoms with Crippen LogP contribution in [0.15, 0.2) is 24.5 Å². The smallest absolute Gasteiger partial charge is 0.414 e. The molecule has 2 rings (SSSR count). The van der Waals surface area contributed by atoms with Crippen LogP contribution in [0.25, 0.3) is 5.52 Å². The van der Waals surface area contributed by atoms with Crippen molar-refractivity contribution in [3.63, 3.8) is 0 Å². The van der Waals surface area contributed by atoms with E-state index in [1.807, 2.05) is 20.8 Å². The average Bonchev–Trinajstić information content (AvgIpc) is 2.67. The van der Waals surface area contributed by atoms with Crippen LogP contribution in [0.5, 0.6) is 0 Å². The molecule has 1 amide bonds. The summed E-state index contributed by atoms with van der Waals surface area (Å²) in [5.41, 5.74) is 1.51. The van der Waals surface area contributed by atoms with Crippen molar-refractivity contribution in [2.45, 2.75) is 26.4 Å². The summed E-state index contributed by atoms with van der Waals surface area (Å²) >= 11 is 0. The van der Waals surface area contributed by atoms with Gasteiger partial charge < -0.3 is 4.74 Å². The standard InChI is InChI=1S/C13H16BN3O2/c1-13(2,3)19-12(18)16(4)9-5-6-17-11(7-9)10(14)8-15-17/h5-8H,1-4H3. The molecule has 0 N–H and O–H groups in total. The lowest BCUT2D eigenvalue weighted by atomic mass is 9.98. The Morgan fingerprint density at radius 2 is 2.16 bits per heavy atom. The number of aromatic nitrogens is 2. The third kappa shape index (κ3) is 2.89. The highest BCUT2D eigenvalue weighted by Crippen LogP contribution is 2.17. The van der Waals surface area contributed by atoms with Crippen molar-refractivity contribution in [3.8, 4) is 0 Å². The maximum atomic E-state index is 12.0. The molecule has 5 nitrogen and oxygen atoms in total. The monoisotopic (exact) mass is 257 g/mol. The van der Waals surface area contributed by atoms with Gasteiger partial charge in [0.05, 0.1) is 11.2 Å². The maximum Gasteiger partial charge on any atom is 0.414 e. The van der Waals surface area contributed by atoms with Crippen molar-refractivity contribution < 1.29 is 9.53 Å². The fourth-order valence-corrected chi connectivity index (χ4v) is 1.63. The van der Waals surface area contributed by atoms with Gasteiger partial charge in [0.1, 0.15) is 13.4 Å². The van der Waals surface area contributed by atoms with Crippen LogP contribution in [0.2, 0.25) is 0 Å². The molecule has 0 bridgehead atoms. The summed E-state index contributed by atoms with van der Waals surface area (Å²) < 4.78 is 6.97. The van der Waals surface area contributed by atoms with Gasteiger partial charge in [0.15, 0.2) is 0 Å². The van der Waals surface area contributed by atoms with Crippen molar-refractivity contribution in [1.82, 2.24) is 9.61 Å². The molecule has 2 heterocycles. The first-order valence-corrected chi connectivity index (χ1v) is 5.97. The van der Waals surface area contributed by atoms with Gasteiger partial charge in [-0.2, -0.15) is 5.10 Å². The van der Waals surface area contributed by atoms with Crippen LogP contribution in [-0.4, -0.2) is 36.2 Å². The van der Waals surface area contributed by atoms with E-state index in [4.69, 9.17) is 12.6 Å². The van der Waals surface area contributed by atoms with E-state index in [1.54, 1.807) is 36.1 Å². The molecule has 2 aromatic heterocycles. The van der Waals surface area contributed by atoms with Gasteiger partial charge in [-0.25, -0.2) is 9.31 Å². The van der Waals surface area contributed by atoms with Gasteiger partial charge >= 0.3 is 6.09 Å². The summed E-state index contributed by atoms with van der Waals surface area (Å²) in [4.78, 5) is 13.4. The van der Waals surface area contributed by atoms with E-state index in [0.717, 1.165) is 5.52 Å². The Balaban J connectivity index is 2.28. The summed E-state index contributed by atoms with van der Waals surface area (Å²) in [5.74, 6) is 0. The van der Waals surface area contributed by atoms with Crippen LogP contribution in [-0.2, 0) is 4.74 Å². The number of rotatable bonds is 1. The predicted octanol–water partition coefficient (Wildman–Crippen LogP) is 1.50. The Morgan fingerprint density at radius 1 is 1.47 bits per heavy atom. The Morgan fingerprint density at radius 3 is 2.79 bits per heavy atom. The van der Waals surface area contributed by atoms with Gasteiger partial charge in [0, 0.05) is 19.4 Å². The second-order valence-corrected chi connectivity index (χ2v) is 5.35. The van der Waals surface area contributed by atoms with E-state index in [2.05, 4.69) is 5.10 Å². The van der Waals surface area contributed by atoms with E-state index in [0.29, 0.717) is 11.2 Å². The second kappa shape index (κ2) is 4.61. The molecule has 0 atom stereocenters. The SMILES string of the molecule is [B]c1cnn2ccc(N(C)C(=O)OC(C)(C)C)cc12. The van der Waals surface area contributed by atoms with Gasteiger partial charge in [-0.3, -0.25) is 4.90 Å². The lowest BCUT2D eigenvalue weighted by Crippen LogP contribution is -2.34. The minimum absolute atomic E-state index is 0.407. The topological polar surface area (TPSA) is 46.8 Å². The maximum absolute atomic E-state index is 12.0. The molecule has 19 heavy (non-hydrogen) atoms. The van der Waals surface area contributed by atoms with Crippen LogP contribution in [0, 0.1) is 0 Å². The molecule has 0 aliphatic carbocycles. The quantitative estimate of drug-likeness (QED) is 0.727. The summed E-state index contributed by atoms with van der Waals surface area (Å²) in [5, 5.41) is 4.08. The van der Waals surface area contributed by atoms with Gasteiger partial charge in [-0.15, -0.1) is 0 Å². The molecule has 0 spiro atoms. The molecule has 0 saturated carbocycles. The van der Waals surface area contributed by atoms with E-state index in [9.17, 15) is 4.79 Å². The molecular weight excluding hydrogens is 241 g/mol. The summed E-state index contributed by atoms with van der Waals surface area (Å²) in [6.07, 6.45) is 2.92. The number of fused-ring (bicyclic) bond motifs is 1. The zero-order valence-electron chi connectivity index (χ0n) is 11.5. The second-order valence-electron chi connectivity index (χ2n) is 5.35. The molecule has 2 aromatic rings. The molecule has 0 saturated heterocycles. The summed E-state index contributed by atoms with van der Waals surface area (Å²) in [7, 11) is 7.46. The van der Waals surface area contributed by atoms with Crippen LogP contribution in [0.4, 0.5) is 10.5 Å².